The van der Waals surface area contributed by atoms with Crippen LogP contribution < -0.4 is 0 Å². The SMILES string of the molecule is CCCC(=O)OCC(OC(OC(C)=O)[C@H](C)CO)[C@H](C)O. The Bertz CT molecular complexity index is 316. The van der Waals surface area contributed by atoms with Crippen LogP contribution in [-0.2, 0) is 23.8 Å². The maximum Gasteiger partial charge on any atom is 0.305 e. The number of hydrogen-bond donors (Lipinski definition) is 2. The first-order chi connectivity index (χ1) is 9.81. The van der Waals surface area contributed by atoms with Crippen LogP contribution in [0.2, 0.25) is 0 Å². The van der Waals surface area contributed by atoms with Crippen LogP contribution >= 0.6 is 0 Å². The first kappa shape index (κ1) is 19.8. The molecule has 0 saturated carbocycles. The second-order valence-corrected chi connectivity index (χ2v) is 4.99. The van der Waals surface area contributed by atoms with E-state index >= 15 is 0 Å². The summed E-state index contributed by atoms with van der Waals surface area (Å²) in [5.41, 5.74) is 0. The fourth-order valence-electron chi connectivity index (χ4n) is 1.44. The van der Waals surface area contributed by atoms with Crippen molar-refractivity contribution in [2.24, 2.45) is 5.92 Å². The van der Waals surface area contributed by atoms with E-state index in [4.69, 9.17) is 19.3 Å². The van der Waals surface area contributed by atoms with E-state index in [0.717, 1.165) is 0 Å². The topological polar surface area (TPSA) is 102 Å². The Morgan fingerprint density at radius 1 is 1.24 bits per heavy atom. The molecule has 0 amide bonds. The molecule has 2 unspecified atom stereocenters. The van der Waals surface area contributed by atoms with E-state index in [-0.39, 0.29) is 25.6 Å². The predicted octanol–water partition coefficient (Wildman–Crippen LogP) is 0.613. The lowest BCUT2D eigenvalue weighted by molar-refractivity contribution is -0.223. The third kappa shape index (κ3) is 8.64. The van der Waals surface area contributed by atoms with Crippen molar-refractivity contribution in [2.75, 3.05) is 13.2 Å². The molecule has 7 nitrogen and oxygen atoms in total. The van der Waals surface area contributed by atoms with E-state index in [2.05, 4.69) is 0 Å². The summed E-state index contributed by atoms with van der Waals surface area (Å²) >= 11 is 0. The lowest BCUT2D eigenvalue weighted by Crippen LogP contribution is -2.40. The zero-order valence-electron chi connectivity index (χ0n) is 13.1. The highest BCUT2D eigenvalue weighted by Crippen LogP contribution is 2.14. The van der Waals surface area contributed by atoms with E-state index in [9.17, 15) is 14.7 Å². The molecule has 0 aliphatic carbocycles. The molecule has 0 bridgehead atoms. The lowest BCUT2D eigenvalue weighted by Gasteiger charge is -2.28. The lowest BCUT2D eigenvalue weighted by atomic mass is 10.1. The summed E-state index contributed by atoms with van der Waals surface area (Å²) in [7, 11) is 0. The molecule has 0 fully saturated rings. The Kier molecular flexibility index (Phi) is 9.94. The van der Waals surface area contributed by atoms with Gasteiger partial charge in [-0.2, -0.15) is 0 Å². The van der Waals surface area contributed by atoms with Crippen LogP contribution in [-0.4, -0.2) is 53.9 Å². The molecule has 0 radical (unpaired) electrons. The van der Waals surface area contributed by atoms with E-state index in [1.165, 1.54) is 13.8 Å². The fourth-order valence-corrected chi connectivity index (χ4v) is 1.44. The van der Waals surface area contributed by atoms with Crippen molar-refractivity contribution >= 4 is 11.9 Å². The summed E-state index contributed by atoms with van der Waals surface area (Å²) in [6.07, 6.45) is -1.84. The van der Waals surface area contributed by atoms with Gasteiger partial charge in [-0.25, -0.2) is 0 Å². The molecular formula is C14H26O7. The van der Waals surface area contributed by atoms with Crippen LogP contribution in [0.4, 0.5) is 0 Å². The molecule has 0 rings (SSSR count). The van der Waals surface area contributed by atoms with Crippen molar-refractivity contribution in [3.8, 4) is 0 Å². The van der Waals surface area contributed by atoms with Gasteiger partial charge in [-0.05, 0) is 13.3 Å². The number of rotatable bonds is 10. The maximum absolute atomic E-state index is 11.3. The van der Waals surface area contributed by atoms with Crippen molar-refractivity contribution < 1.29 is 34.0 Å². The largest absolute Gasteiger partial charge is 0.463 e. The van der Waals surface area contributed by atoms with Crippen molar-refractivity contribution in [2.45, 2.75) is 59.0 Å². The molecule has 0 aliphatic rings. The van der Waals surface area contributed by atoms with Gasteiger partial charge in [0.25, 0.3) is 0 Å². The first-order valence-electron chi connectivity index (χ1n) is 7.09. The maximum atomic E-state index is 11.3. The monoisotopic (exact) mass is 306 g/mol. The van der Waals surface area contributed by atoms with Gasteiger partial charge < -0.3 is 24.4 Å². The molecule has 0 heterocycles. The second kappa shape index (κ2) is 10.5. The Morgan fingerprint density at radius 3 is 2.29 bits per heavy atom. The van der Waals surface area contributed by atoms with Crippen LogP contribution in [0.3, 0.4) is 0 Å². The van der Waals surface area contributed by atoms with Gasteiger partial charge in [-0.3, -0.25) is 9.59 Å². The Balaban J connectivity index is 4.61. The van der Waals surface area contributed by atoms with Crippen molar-refractivity contribution in [1.82, 2.24) is 0 Å². The van der Waals surface area contributed by atoms with Gasteiger partial charge in [0.05, 0.1) is 12.7 Å². The highest BCUT2D eigenvalue weighted by atomic mass is 16.7. The van der Waals surface area contributed by atoms with E-state index in [1.54, 1.807) is 6.92 Å². The molecule has 0 aromatic rings. The number of aliphatic hydroxyl groups is 2. The number of aliphatic hydroxyl groups excluding tert-OH is 2. The third-order valence-corrected chi connectivity index (χ3v) is 2.74. The van der Waals surface area contributed by atoms with E-state index in [1.807, 2.05) is 6.92 Å². The van der Waals surface area contributed by atoms with Gasteiger partial charge in [0.2, 0.25) is 6.29 Å². The highest BCUT2D eigenvalue weighted by molar-refractivity contribution is 5.69. The normalized spacial score (nSPS) is 16.7. The van der Waals surface area contributed by atoms with Crippen LogP contribution in [0.5, 0.6) is 0 Å². The molecule has 0 saturated heterocycles. The molecule has 0 aliphatic heterocycles. The molecule has 2 N–H and O–H groups in total. The molecular weight excluding hydrogens is 280 g/mol. The van der Waals surface area contributed by atoms with Crippen LogP contribution in [0, 0.1) is 5.92 Å². The van der Waals surface area contributed by atoms with Crippen LogP contribution in [0.15, 0.2) is 0 Å². The summed E-state index contributed by atoms with van der Waals surface area (Å²) in [5.74, 6) is -1.42. The predicted molar refractivity (Wildman–Crippen MR) is 74.2 cm³/mol. The molecule has 0 aromatic carbocycles. The number of esters is 2. The summed E-state index contributed by atoms with van der Waals surface area (Å²) in [5, 5.41) is 18.8. The van der Waals surface area contributed by atoms with Crippen molar-refractivity contribution in [1.29, 1.82) is 0 Å². The number of carbonyl (C=O) groups is 2. The molecule has 0 aromatic heterocycles. The van der Waals surface area contributed by atoms with E-state index in [0.29, 0.717) is 6.42 Å². The average Bonchev–Trinajstić information content (AvgIpc) is 2.40. The molecule has 124 valence electrons. The Hall–Kier alpha value is -1.18. The second-order valence-electron chi connectivity index (χ2n) is 4.99. The minimum atomic E-state index is -1.02. The summed E-state index contributed by atoms with van der Waals surface area (Å²) < 4.78 is 15.4. The van der Waals surface area contributed by atoms with E-state index < -0.39 is 30.4 Å². The van der Waals surface area contributed by atoms with Gasteiger partial charge in [0.15, 0.2) is 0 Å². The molecule has 0 spiro atoms. The molecule has 4 atom stereocenters. The Labute approximate surface area is 125 Å². The fraction of sp³-hybridized carbons (Fsp3) is 0.857. The minimum Gasteiger partial charge on any atom is -0.463 e. The standard InChI is InChI=1S/C14H26O7/c1-5-6-13(18)19-8-12(10(3)16)21-14(9(2)7-15)20-11(4)17/h9-10,12,14-16H,5-8H2,1-4H3/t9-,10+,12?,14?/m1/s1. The van der Waals surface area contributed by atoms with Gasteiger partial charge in [-0.15, -0.1) is 0 Å². The van der Waals surface area contributed by atoms with Crippen molar-refractivity contribution in [3.63, 3.8) is 0 Å². The smallest absolute Gasteiger partial charge is 0.305 e. The highest BCUT2D eigenvalue weighted by Gasteiger charge is 2.28. The molecule has 21 heavy (non-hydrogen) atoms. The summed E-state index contributed by atoms with van der Waals surface area (Å²) in [6, 6.07) is 0. The zero-order chi connectivity index (χ0) is 16.4. The first-order valence-corrected chi connectivity index (χ1v) is 7.09. The number of carbonyl (C=O) groups excluding carboxylic acids is 2. The van der Waals surface area contributed by atoms with Crippen LogP contribution in [0.1, 0.15) is 40.5 Å². The molecule has 7 heteroatoms. The van der Waals surface area contributed by atoms with Gasteiger partial charge in [0.1, 0.15) is 12.7 Å². The van der Waals surface area contributed by atoms with Crippen molar-refractivity contribution in [3.05, 3.63) is 0 Å². The number of ether oxygens (including phenoxy) is 3. The Morgan fingerprint density at radius 2 is 1.86 bits per heavy atom. The third-order valence-electron chi connectivity index (χ3n) is 2.74. The van der Waals surface area contributed by atoms with Gasteiger partial charge in [-0.1, -0.05) is 13.8 Å². The van der Waals surface area contributed by atoms with Crippen LogP contribution in [0.25, 0.3) is 0 Å². The number of hydrogen-bond acceptors (Lipinski definition) is 7. The average molecular weight is 306 g/mol. The zero-order valence-corrected chi connectivity index (χ0v) is 13.1. The summed E-state index contributed by atoms with van der Waals surface area (Å²) in [6.45, 7) is 5.79. The van der Waals surface area contributed by atoms with Gasteiger partial charge >= 0.3 is 11.9 Å². The van der Waals surface area contributed by atoms with Gasteiger partial charge in [0, 0.05) is 19.3 Å². The minimum absolute atomic E-state index is 0.146. The summed E-state index contributed by atoms with van der Waals surface area (Å²) in [4.78, 5) is 22.4. The quantitative estimate of drug-likeness (QED) is 0.450.